The Balaban J connectivity index is 2.12. The van der Waals surface area contributed by atoms with E-state index in [4.69, 9.17) is 0 Å². The number of carbonyl (C=O) groups excluding carboxylic acids is 3. The molecule has 0 saturated carbocycles. The Hall–Kier alpha value is -3.53. The summed E-state index contributed by atoms with van der Waals surface area (Å²) in [6.07, 6.45) is 1.49. The molecule has 1 heterocycles. The van der Waals surface area contributed by atoms with E-state index in [9.17, 15) is 19.6 Å². The van der Waals surface area contributed by atoms with E-state index < -0.39 is 17.6 Å². The van der Waals surface area contributed by atoms with E-state index in [0.29, 0.717) is 5.56 Å². The van der Waals surface area contributed by atoms with Gasteiger partial charge in [-0.2, -0.15) is 5.26 Å². The normalized spacial score (nSPS) is 11.8. The fourth-order valence-corrected chi connectivity index (χ4v) is 2.24. The molecule has 0 saturated heterocycles. The molecule has 2 amide bonds. The summed E-state index contributed by atoms with van der Waals surface area (Å²) in [5.74, 6) is -2.93. The van der Waals surface area contributed by atoms with Gasteiger partial charge in [-0.15, -0.1) is 0 Å². The van der Waals surface area contributed by atoms with Crippen LogP contribution in [0.4, 0.5) is 5.82 Å². The van der Waals surface area contributed by atoms with Crippen LogP contribution in [0.25, 0.3) is 0 Å². The average molecular weight is 364 g/mol. The topological polar surface area (TPSA) is 112 Å². The molecule has 7 heteroatoms. The van der Waals surface area contributed by atoms with Gasteiger partial charge in [0.05, 0.1) is 6.07 Å². The summed E-state index contributed by atoms with van der Waals surface area (Å²) in [4.78, 5) is 40.8. The molecule has 7 nitrogen and oxygen atoms in total. The molecule has 1 aromatic carbocycles. The zero-order valence-corrected chi connectivity index (χ0v) is 15.3. The molecule has 1 unspecified atom stereocenters. The van der Waals surface area contributed by atoms with Crippen LogP contribution in [0.3, 0.4) is 0 Å². The number of amides is 2. The molecule has 0 bridgehead atoms. The van der Waals surface area contributed by atoms with E-state index in [-0.39, 0.29) is 22.8 Å². The van der Waals surface area contributed by atoms with Crippen molar-refractivity contribution in [1.82, 2.24) is 10.3 Å². The van der Waals surface area contributed by atoms with E-state index in [0.717, 1.165) is 0 Å². The van der Waals surface area contributed by atoms with Gasteiger partial charge in [0.25, 0.3) is 11.8 Å². The first-order valence-electron chi connectivity index (χ1n) is 8.29. The van der Waals surface area contributed by atoms with Gasteiger partial charge >= 0.3 is 0 Å². The van der Waals surface area contributed by atoms with E-state index in [1.165, 1.54) is 30.5 Å². The van der Waals surface area contributed by atoms with Crippen molar-refractivity contribution in [3.63, 3.8) is 0 Å². The van der Waals surface area contributed by atoms with Gasteiger partial charge in [-0.1, -0.05) is 18.2 Å². The van der Waals surface area contributed by atoms with E-state index in [1.54, 1.807) is 24.3 Å². The van der Waals surface area contributed by atoms with Crippen LogP contribution in [-0.2, 0) is 4.79 Å². The van der Waals surface area contributed by atoms with Crippen molar-refractivity contribution in [2.75, 3.05) is 5.32 Å². The van der Waals surface area contributed by atoms with Crippen LogP contribution in [0.5, 0.6) is 0 Å². The largest absolute Gasteiger partial charge is 0.347 e. The first-order chi connectivity index (χ1) is 12.7. The highest BCUT2D eigenvalue weighted by Gasteiger charge is 2.28. The highest BCUT2D eigenvalue weighted by molar-refractivity contribution is 6.15. The Morgan fingerprint density at radius 1 is 1.04 bits per heavy atom. The Bertz CT molecular complexity index is 878. The molecule has 2 N–H and O–H groups in total. The van der Waals surface area contributed by atoms with Crippen LogP contribution >= 0.6 is 0 Å². The average Bonchev–Trinajstić information content (AvgIpc) is 2.61. The minimum absolute atomic E-state index is 0.171. The molecule has 1 atom stereocenters. The smallest absolute Gasteiger partial charge is 0.251 e. The standard InChI is InChI=1S/C20H20N4O3/c1-20(2,3)24-18(26)14-9-7-13(8-10-14)17(25)15(12-21)19(27)23-16-6-4-5-11-22-16/h4-11,15H,1-3H3,(H,24,26)(H,22,23,27). The number of hydrogen-bond acceptors (Lipinski definition) is 5. The number of nitrogens with one attached hydrogen (secondary N) is 2. The van der Waals surface area contributed by atoms with Crippen LogP contribution < -0.4 is 10.6 Å². The number of rotatable bonds is 5. The molecule has 2 rings (SSSR count). The summed E-state index contributed by atoms with van der Waals surface area (Å²) in [7, 11) is 0. The van der Waals surface area contributed by atoms with Gasteiger partial charge < -0.3 is 10.6 Å². The van der Waals surface area contributed by atoms with E-state index in [1.807, 2.05) is 20.8 Å². The van der Waals surface area contributed by atoms with Crippen LogP contribution in [-0.4, -0.2) is 28.1 Å². The number of aromatic nitrogens is 1. The highest BCUT2D eigenvalue weighted by atomic mass is 16.2. The lowest BCUT2D eigenvalue weighted by Gasteiger charge is -2.20. The number of hydrogen-bond donors (Lipinski definition) is 2. The quantitative estimate of drug-likeness (QED) is 0.625. The first-order valence-corrected chi connectivity index (χ1v) is 8.29. The molecule has 0 fully saturated rings. The first kappa shape index (κ1) is 19.8. The third-order valence-electron chi connectivity index (χ3n) is 3.49. The molecule has 0 aliphatic rings. The Kier molecular flexibility index (Phi) is 6.03. The van der Waals surface area contributed by atoms with Crippen LogP contribution in [0.2, 0.25) is 0 Å². The van der Waals surface area contributed by atoms with Crippen molar-refractivity contribution in [2.24, 2.45) is 5.92 Å². The minimum atomic E-state index is -1.51. The predicted molar refractivity (Wildman–Crippen MR) is 100.0 cm³/mol. The van der Waals surface area contributed by atoms with Gasteiger partial charge in [-0.3, -0.25) is 14.4 Å². The number of Topliss-reactive ketones (excluding diaryl/α,β-unsaturated/α-hetero) is 1. The molecular weight excluding hydrogens is 344 g/mol. The van der Waals surface area contributed by atoms with E-state index in [2.05, 4.69) is 15.6 Å². The molecule has 27 heavy (non-hydrogen) atoms. The van der Waals surface area contributed by atoms with Gasteiger partial charge in [-0.25, -0.2) is 4.98 Å². The second kappa shape index (κ2) is 8.23. The van der Waals surface area contributed by atoms with Gasteiger partial charge in [0.15, 0.2) is 11.7 Å². The van der Waals surface area contributed by atoms with Gasteiger partial charge in [0.1, 0.15) is 5.82 Å². The Labute approximate surface area is 157 Å². The molecule has 1 aromatic heterocycles. The second-order valence-electron chi connectivity index (χ2n) is 6.91. The van der Waals surface area contributed by atoms with Crippen LogP contribution in [0, 0.1) is 17.2 Å². The van der Waals surface area contributed by atoms with Crippen molar-refractivity contribution >= 4 is 23.4 Å². The number of anilines is 1. The van der Waals surface area contributed by atoms with Gasteiger partial charge in [0.2, 0.25) is 0 Å². The number of nitrogens with zero attached hydrogens (tertiary/aromatic N) is 2. The predicted octanol–water partition coefficient (Wildman–Crippen LogP) is 2.57. The number of carbonyl (C=O) groups is 3. The molecule has 0 aliphatic heterocycles. The van der Waals surface area contributed by atoms with Crippen molar-refractivity contribution in [1.29, 1.82) is 5.26 Å². The highest BCUT2D eigenvalue weighted by Crippen LogP contribution is 2.14. The minimum Gasteiger partial charge on any atom is -0.347 e. The lowest BCUT2D eigenvalue weighted by molar-refractivity contribution is -0.117. The number of nitriles is 1. The van der Waals surface area contributed by atoms with Crippen LogP contribution in [0.1, 0.15) is 41.5 Å². The fourth-order valence-electron chi connectivity index (χ4n) is 2.24. The zero-order chi connectivity index (χ0) is 20.0. The lowest BCUT2D eigenvalue weighted by atomic mass is 9.97. The van der Waals surface area contributed by atoms with Crippen molar-refractivity contribution in [2.45, 2.75) is 26.3 Å². The van der Waals surface area contributed by atoms with Gasteiger partial charge in [-0.05, 0) is 45.0 Å². The molecule has 2 aromatic rings. The zero-order valence-electron chi connectivity index (χ0n) is 15.3. The summed E-state index contributed by atoms with van der Waals surface area (Å²) in [5, 5.41) is 14.5. The Morgan fingerprint density at radius 2 is 1.67 bits per heavy atom. The maximum absolute atomic E-state index is 12.5. The summed E-state index contributed by atoms with van der Waals surface area (Å²) in [6, 6.07) is 12.5. The van der Waals surface area contributed by atoms with Crippen molar-refractivity contribution < 1.29 is 14.4 Å². The third-order valence-corrected chi connectivity index (χ3v) is 3.49. The summed E-state index contributed by atoms with van der Waals surface area (Å²) < 4.78 is 0. The molecule has 0 radical (unpaired) electrons. The SMILES string of the molecule is CC(C)(C)NC(=O)c1ccc(C(=O)C(C#N)C(=O)Nc2ccccn2)cc1. The summed E-state index contributed by atoms with van der Waals surface area (Å²) in [5.41, 5.74) is 0.166. The lowest BCUT2D eigenvalue weighted by Crippen LogP contribution is -2.40. The van der Waals surface area contributed by atoms with Crippen molar-refractivity contribution in [3.05, 3.63) is 59.8 Å². The second-order valence-corrected chi connectivity index (χ2v) is 6.91. The molecule has 138 valence electrons. The maximum atomic E-state index is 12.5. The summed E-state index contributed by atoms with van der Waals surface area (Å²) >= 11 is 0. The Morgan fingerprint density at radius 3 is 2.19 bits per heavy atom. The molecule has 0 aliphatic carbocycles. The number of ketones is 1. The number of pyridine rings is 1. The molecular formula is C20H20N4O3. The van der Waals surface area contributed by atoms with Gasteiger partial charge in [0, 0.05) is 22.9 Å². The fraction of sp³-hybridized carbons (Fsp3) is 0.250. The number of benzene rings is 1. The van der Waals surface area contributed by atoms with E-state index >= 15 is 0 Å². The monoisotopic (exact) mass is 364 g/mol. The third kappa shape index (κ3) is 5.47. The van der Waals surface area contributed by atoms with Crippen molar-refractivity contribution in [3.8, 4) is 6.07 Å². The van der Waals surface area contributed by atoms with Crippen LogP contribution in [0.15, 0.2) is 48.7 Å². The molecule has 0 spiro atoms. The maximum Gasteiger partial charge on any atom is 0.251 e. The summed E-state index contributed by atoms with van der Waals surface area (Å²) in [6.45, 7) is 5.58.